The minimum Gasteiger partial charge on any atom is -0.496 e. The highest BCUT2D eigenvalue weighted by molar-refractivity contribution is 6.31. The Kier molecular flexibility index (Phi) is 4.18. The summed E-state index contributed by atoms with van der Waals surface area (Å²) >= 11 is 6.15. The first kappa shape index (κ1) is 15.4. The van der Waals surface area contributed by atoms with Crippen molar-refractivity contribution in [1.82, 2.24) is 0 Å². The highest BCUT2D eigenvalue weighted by Gasteiger charge is 2.42. The molecule has 0 atom stereocenters. The molecule has 2 aliphatic rings. The van der Waals surface area contributed by atoms with Crippen LogP contribution in [0, 0.1) is 0 Å². The Labute approximate surface area is 136 Å². The Bertz CT molecular complexity index is 602. The number of halogens is 1. The Hall–Kier alpha value is -1.48. The van der Waals surface area contributed by atoms with Gasteiger partial charge in [0.15, 0.2) is 0 Å². The maximum absolute atomic E-state index is 12.5. The van der Waals surface area contributed by atoms with E-state index in [-0.39, 0.29) is 5.97 Å². The van der Waals surface area contributed by atoms with E-state index in [1.165, 1.54) is 6.42 Å². The van der Waals surface area contributed by atoms with Gasteiger partial charge in [0.05, 0.1) is 12.7 Å². The van der Waals surface area contributed by atoms with Crippen LogP contribution in [-0.2, 0) is 16.0 Å². The average molecular weight is 321 g/mol. The number of hydrogen-bond acceptors (Lipinski definition) is 3. The van der Waals surface area contributed by atoms with Gasteiger partial charge in [0.1, 0.15) is 11.4 Å². The zero-order valence-electron chi connectivity index (χ0n) is 13.1. The summed E-state index contributed by atoms with van der Waals surface area (Å²) in [7, 11) is 1.60. The van der Waals surface area contributed by atoms with Crippen LogP contribution in [0.3, 0.4) is 0 Å². The number of methoxy groups -OCH3 is 1. The largest absolute Gasteiger partial charge is 0.496 e. The van der Waals surface area contributed by atoms with Crippen molar-refractivity contribution in [2.45, 2.75) is 51.0 Å². The van der Waals surface area contributed by atoms with E-state index in [4.69, 9.17) is 21.1 Å². The van der Waals surface area contributed by atoms with E-state index in [1.807, 2.05) is 19.1 Å². The van der Waals surface area contributed by atoms with Gasteiger partial charge in [0.25, 0.3) is 0 Å². The summed E-state index contributed by atoms with van der Waals surface area (Å²) in [6.45, 7) is 2.05. The lowest BCUT2D eigenvalue weighted by molar-refractivity contribution is -0.146. The summed E-state index contributed by atoms with van der Waals surface area (Å²) < 4.78 is 11.2. The standard InChI is InChI=1S/C18H21ClO3/c1-3-12-9-13(19)10-15(21-2)16(12)14-11-18(22-17(14)20)7-5-4-6-8-18/h9-11H,3-8H2,1-2H3. The van der Waals surface area contributed by atoms with Gasteiger partial charge in [-0.15, -0.1) is 0 Å². The normalized spacial score (nSPS) is 20.0. The lowest BCUT2D eigenvalue weighted by Crippen LogP contribution is -2.30. The fraction of sp³-hybridized carbons (Fsp3) is 0.500. The minimum atomic E-state index is -0.402. The van der Waals surface area contributed by atoms with E-state index in [1.54, 1.807) is 13.2 Å². The molecule has 0 saturated heterocycles. The third kappa shape index (κ3) is 2.63. The first-order chi connectivity index (χ1) is 10.6. The van der Waals surface area contributed by atoms with Crippen LogP contribution >= 0.6 is 11.6 Å². The third-order valence-corrected chi connectivity index (χ3v) is 4.86. The zero-order chi connectivity index (χ0) is 15.7. The number of benzene rings is 1. The number of rotatable bonds is 3. The molecule has 1 aliphatic heterocycles. The Morgan fingerprint density at radius 2 is 2.00 bits per heavy atom. The van der Waals surface area contributed by atoms with Crippen LogP contribution in [0.5, 0.6) is 5.75 Å². The molecule has 1 aromatic rings. The number of hydrogen-bond donors (Lipinski definition) is 0. The quantitative estimate of drug-likeness (QED) is 0.766. The molecule has 1 spiro atoms. The molecule has 1 fully saturated rings. The number of carbonyl (C=O) groups excluding carboxylic acids is 1. The Balaban J connectivity index is 2.10. The highest BCUT2D eigenvalue weighted by Crippen LogP contribution is 2.44. The van der Waals surface area contributed by atoms with Gasteiger partial charge in [-0.3, -0.25) is 0 Å². The van der Waals surface area contributed by atoms with Gasteiger partial charge in [-0.25, -0.2) is 4.79 Å². The molecule has 3 nitrogen and oxygen atoms in total. The monoisotopic (exact) mass is 320 g/mol. The Morgan fingerprint density at radius 3 is 2.64 bits per heavy atom. The van der Waals surface area contributed by atoms with Crippen LogP contribution in [0.1, 0.15) is 50.2 Å². The number of ether oxygens (including phenoxy) is 2. The van der Waals surface area contributed by atoms with Crippen LogP contribution in [0.15, 0.2) is 18.2 Å². The SMILES string of the molecule is CCc1cc(Cl)cc(OC)c1C1=CC2(CCCCC2)OC1=O. The number of aryl methyl sites for hydroxylation is 1. The predicted molar refractivity (Wildman–Crippen MR) is 87.3 cm³/mol. The fourth-order valence-corrected chi connectivity index (χ4v) is 3.77. The first-order valence-electron chi connectivity index (χ1n) is 7.91. The average Bonchev–Trinajstić information content (AvgIpc) is 2.82. The van der Waals surface area contributed by atoms with E-state index < -0.39 is 5.60 Å². The molecule has 0 N–H and O–H groups in total. The van der Waals surface area contributed by atoms with Crippen molar-refractivity contribution < 1.29 is 14.3 Å². The predicted octanol–water partition coefficient (Wildman–Crippen LogP) is 4.55. The van der Waals surface area contributed by atoms with E-state index >= 15 is 0 Å². The summed E-state index contributed by atoms with van der Waals surface area (Å²) in [6.07, 6.45) is 8.07. The summed E-state index contributed by atoms with van der Waals surface area (Å²) in [5.41, 5.74) is 2.08. The van der Waals surface area contributed by atoms with Crippen LogP contribution in [0.25, 0.3) is 5.57 Å². The molecule has 22 heavy (non-hydrogen) atoms. The molecule has 4 heteroatoms. The minimum absolute atomic E-state index is 0.239. The smallest absolute Gasteiger partial charge is 0.339 e. The van der Waals surface area contributed by atoms with Crippen molar-refractivity contribution in [3.05, 3.63) is 34.4 Å². The molecular weight excluding hydrogens is 300 g/mol. The van der Waals surface area contributed by atoms with Crippen molar-refractivity contribution >= 4 is 23.1 Å². The van der Waals surface area contributed by atoms with Crippen molar-refractivity contribution in [2.75, 3.05) is 7.11 Å². The molecule has 1 aromatic carbocycles. The fourth-order valence-electron chi connectivity index (χ4n) is 3.54. The van der Waals surface area contributed by atoms with E-state index in [9.17, 15) is 4.79 Å². The molecule has 1 aliphatic carbocycles. The van der Waals surface area contributed by atoms with Crippen molar-refractivity contribution in [1.29, 1.82) is 0 Å². The zero-order valence-corrected chi connectivity index (χ0v) is 13.8. The molecule has 0 amide bonds. The molecule has 1 saturated carbocycles. The summed E-state index contributed by atoms with van der Waals surface area (Å²) in [4.78, 5) is 12.5. The van der Waals surface area contributed by atoms with Crippen molar-refractivity contribution in [2.24, 2.45) is 0 Å². The van der Waals surface area contributed by atoms with Crippen molar-refractivity contribution in [3.63, 3.8) is 0 Å². The molecule has 0 unspecified atom stereocenters. The topological polar surface area (TPSA) is 35.5 Å². The second-order valence-electron chi connectivity index (χ2n) is 6.07. The first-order valence-corrected chi connectivity index (χ1v) is 8.29. The second-order valence-corrected chi connectivity index (χ2v) is 6.51. The Morgan fingerprint density at radius 1 is 1.27 bits per heavy atom. The van der Waals surface area contributed by atoms with Gasteiger partial charge in [0, 0.05) is 10.6 Å². The number of esters is 1. The molecule has 0 radical (unpaired) electrons. The summed E-state index contributed by atoms with van der Waals surface area (Å²) in [5.74, 6) is 0.401. The third-order valence-electron chi connectivity index (χ3n) is 4.64. The van der Waals surface area contributed by atoms with Crippen LogP contribution < -0.4 is 4.74 Å². The van der Waals surface area contributed by atoms with Crippen LogP contribution in [0.4, 0.5) is 0 Å². The summed E-state index contributed by atoms with van der Waals surface area (Å²) in [6, 6.07) is 3.66. The van der Waals surface area contributed by atoms with Gasteiger partial charge in [0.2, 0.25) is 0 Å². The molecule has 118 valence electrons. The van der Waals surface area contributed by atoms with Crippen LogP contribution in [0.2, 0.25) is 5.02 Å². The van der Waals surface area contributed by atoms with E-state index in [0.717, 1.165) is 43.2 Å². The van der Waals surface area contributed by atoms with Gasteiger partial charge in [-0.05, 0) is 55.9 Å². The van der Waals surface area contributed by atoms with Crippen molar-refractivity contribution in [3.8, 4) is 5.75 Å². The molecule has 1 heterocycles. The van der Waals surface area contributed by atoms with Gasteiger partial charge >= 0.3 is 5.97 Å². The lowest BCUT2D eigenvalue weighted by Gasteiger charge is -2.30. The highest BCUT2D eigenvalue weighted by atomic mass is 35.5. The molecule has 0 aromatic heterocycles. The maximum Gasteiger partial charge on any atom is 0.339 e. The molecule has 0 bridgehead atoms. The van der Waals surface area contributed by atoms with E-state index in [2.05, 4.69) is 0 Å². The maximum atomic E-state index is 12.5. The van der Waals surface area contributed by atoms with Gasteiger partial charge < -0.3 is 9.47 Å². The van der Waals surface area contributed by atoms with Gasteiger partial charge in [-0.1, -0.05) is 24.9 Å². The summed E-state index contributed by atoms with van der Waals surface area (Å²) in [5, 5.41) is 0.622. The lowest BCUT2D eigenvalue weighted by atomic mass is 9.83. The second kappa shape index (κ2) is 5.96. The van der Waals surface area contributed by atoms with E-state index in [0.29, 0.717) is 16.3 Å². The van der Waals surface area contributed by atoms with Crippen LogP contribution in [-0.4, -0.2) is 18.7 Å². The van der Waals surface area contributed by atoms with Gasteiger partial charge in [-0.2, -0.15) is 0 Å². The molecule has 3 rings (SSSR count). The number of carbonyl (C=O) groups is 1. The molecular formula is C18H21ClO3.